The largest absolute Gasteiger partial charge is 0.480 e. The molecule has 4 aliphatic carbocycles. The van der Waals surface area contributed by atoms with Gasteiger partial charge in [-0.2, -0.15) is 52.7 Å². The highest BCUT2D eigenvalue weighted by Crippen LogP contribution is 2.49. The molecule has 4 aromatic rings. The standard InChI is InChI=1S/C22H24Cl2F3NO4.C22H24ClF4NO4.2C21H23ClF3NO4/c2*23-14-7-9-17(24)13(10-14)6-8-15-19(21(31)32)28(20(15)30)18(29)11-16(22(25,26)27)12-4-2-1-3-5-12;22-16-9-5-4-8-13(16)10-14-18(20(29)30)26(19(14)28)17(27)11-15(21(23,24)25)12-6-2-1-3-7-12;22-14-8-6-12(7-9-14)10-15-18(20(29)30)26(19(15)28)17(27)11-16(21(23,24)25)13-4-2-1-3-5-13/h2*7,9-10,12,15-16,19H,1-6,8,11H2,(H,31,32);4-5,8-9,12,14-15,18H,1-3,6-7,10-11H2,(H,29,30);6-9,13,15-16,18H,1-5,10-11H2,(H,29,30)/t2*15-,16+,19+;14-,15+,18+;15-,16+,18+/m1111/s1. The van der Waals surface area contributed by atoms with Crippen LogP contribution in [0.4, 0.5) is 57.1 Å². The van der Waals surface area contributed by atoms with Crippen LogP contribution in [0, 0.1) is 76.8 Å². The Labute approximate surface area is 730 Å². The van der Waals surface area contributed by atoms with Crippen molar-refractivity contribution in [1.82, 2.24) is 19.6 Å². The van der Waals surface area contributed by atoms with Gasteiger partial charge < -0.3 is 20.4 Å². The van der Waals surface area contributed by atoms with Gasteiger partial charge in [0.2, 0.25) is 47.3 Å². The number of hydrogen-bond acceptors (Lipinski definition) is 12. The van der Waals surface area contributed by atoms with Crippen LogP contribution in [-0.4, -0.2) is 160 Å². The van der Waals surface area contributed by atoms with E-state index in [1.165, 1.54) is 12.1 Å². The Balaban J connectivity index is 0.000000187. The maximum Gasteiger partial charge on any atom is 0.392 e. The van der Waals surface area contributed by atoms with Crippen molar-refractivity contribution in [3.05, 3.63) is 138 Å². The zero-order valence-electron chi connectivity index (χ0n) is 66.8. The summed E-state index contributed by atoms with van der Waals surface area (Å²) in [5.74, 6) is -28.1. The van der Waals surface area contributed by atoms with E-state index in [9.17, 15) is 135 Å². The fourth-order valence-corrected chi connectivity index (χ4v) is 19.7. The van der Waals surface area contributed by atoms with E-state index in [1.807, 2.05) is 0 Å². The van der Waals surface area contributed by atoms with Gasteiger partial charge in [0, 0.05) is 50.8 Å². The molecule has 12 atom stereocenters. The lowest BCUT2D eigenvalue weighted by Gasteiger charge is -2.44. The number of aryl methyl sites for hydroxylation is 2. The van der Waals surface area contributed by atoms with Gasteiger partial charge >= 0.3 is 48.6 Å². The first kappa shape index (κ1) is 99.6. The Bertz CT molecular complexity index is 4370. The summed E-state index contributed by atoms with van der Waals surface area (Å²) in [5, 5.41) is 40.1. The van der Waals surface area contributed by atoms with E-state index in [1.54, 1.807) is 66.7 Å². The van der Waals surface area contributed by atoms with Crippen LogP contribution >= 0.6 is 58.0 Å². The van der Waals surface area contributed by atoms with Gasteiger partial charge in [-0.1, -0.05) is 165 Å². The number of benzene rings is 4. The number of amides is 8. The third-order valence-corrected chi connectivity index (χ3v) is 26.8. The van der Waals surface area contributed by atoms with Gasteiger partial charge in [-0.25, -0.2) is 23.6 Å². The Morgan fingerprint density at radius 1 is 0.339 bits per heavy atom. The Kier molecular flexibility index (Phi) is 34.6. The second-order valence-electron chi connectivity index (χ2n) is 33.1. The molecule has 4 saturated carbocycles. The zero-order chi connectivity index (χ0) is 91.4. The van der Waals surface area contributed by atoms with Gasteiger partial charge in [-0.05, 0) is 190 Å². The Morgan fingerprint density at radius 3 is 0.935 bits per heavy atom. The Hall–Kier alpha value is -8.14. The Morgan fingerprint density at radius 2 is 0.613 bits per heavy atom. The molecule has 0 aromatic heterocycles. The van der Waals surface area contributed by atoms with Crippen molar-refractivity contribution in [2.45, 2.75) is 241 Å². The molecule has 0 spiro atoms. The topological polar surface area (TPSA) is 299 Å². The number of nitrogens with zero attached hydrogens (tertiary/aromatic N) is 4. The van der Waals surface area contributed by atoms with E-state index >= 15 is 0 Å². The summed E-state index contributed by atoms with van der Waals surface area (Å²) in [5.41, 5.74) is 2.02. The molecule has 8 amide bonds. The number of β-lactam (4-membered cyclic amide) rings is 4. The first-order valence-electron chi connectivity index (χ1n) is 41.2. The van der Waals surface area contributed by atoms with E-state index in [0.717, 1.165) is 31.7 Å². The summed E-state index contributed by atoms with van der Waals surface area (Å²) >= 11 is 29.7. The fraction of sp³-hybridized carbons (Fsp3) is 0.581. The number of aliphatic carboxylic acids is 4. The summed E-state index contributed by atoms with van der Waals surface area (Å²) in [6.07, 6.45) is -9.95. The van der Waals surface area contributed by atoms with Gasteiger partial charge in [0.25, 0.3) is 0 Å². The van der Waals surface area contributed by atoms with Crippen LogP contribution < -0.4 is 0 Å². The lowest BCUT2D eigenvalue weighted by Crippen LogP contribution is -2.67. The van der Waals surface area contributed by atoms with Gasteiger partial charge in [-0.15, -0.1) is 0 Å². The summed E-state index contributed by atoms with van der Waals surface area (Å²) in [6.45, 7) is 0. The molecule has 4 saturated heterocycles. The van der Waals surface area contributed by atoms with Gasteiger partial charge in [-0.3, -0.25) is 58.0 Å². The number of hydrogen-bond donors (Lipinski definition) is 4. The number of likely N-dealkylation sites (tertiary alicyclic amines) is 4. The van der Waals surface area contributed by atoms with Gasteiger partial charge in [0.15, 0.2) is 0 Å². The summed E-state index contributed by atoms with van der Waals surface area (Å²) < 4.78 is 178. The SMILES string of the molecule is O=C(O)[C@@H]1[C@@H](CCc2cc(Cl)ccc2Cl)C(=O)N1C(=O)C[C@@H](C1CCCCC1)C(F)(F)F.O=C(O)[C@@H]1[C@@H](CCc2cc(Cl)ccc2F)C(=O)N1C(=O)C[C@@H](C1CCCCC1)C(F)(F)F.O=C(O)[C@@H]1[C@@H](Cc2ccc(Cl)cc2)C(=O)N1C(=O)C[C@@H](C1CCCCC1)C(F)(F)F.O=C(O)[C@@H]1[C@@H](Cc2ccccc2Cl)C(=O)N1C(=O)C[C@@H](C1CCCCC1)C(F)(F)F. The first-order valence-corrected chi connectivity index (χ1v) is 43.1. The number of rotatable bonds is 26. The minimum Gasteiger partial charge on any atom is -0.480 e. The molecule has 124 heavy (non-hydrogen) atoms. The average molecular weight is 1860 g/mol. The minimum absolute atomic E-state index is 0.00185. The second kappa shape index (κ2) is 43.1. The van der Waals surface area contributed by atoms with Crippen LogP contribution in [0.3, 0.4) is 0 Å². The molecule has 0 unspecified atom stereocenters. The fourth-order valence-electron chi connectivity index (χ4n) is 18.8. The van der Waals surface area contributed by atoms with Crippen molar-refractivity contribution in [2.75, 3.05) is 0 Å². The molecular weight excluding hydrogens is 1770 g/mol. The van der Waals surface area contributed by atoms with Crippen LogP contribution in [0.5, 0.6) is 0 Å². The van der Waals surface area contributed by atoms with Crippen LogP contribution in [0.25, 0.3) is 0 Å². The molecule has 4 N–H and O–H groups in total. The molecule has 0 bridgehead atoms. The number of carbonyl (C=O) groups is 12. The van der Waals surface area contributed by atoms with E-state index in [-0.39, 0.29) is 49.1 Å². The minimum atomic E-state index is -4.62. The van der Waals surface area contributed by atoms with Gasteiger partial charge in [0.05, 0.1) is 47.3 Å². The smallest absolute Gasteiger partial charge is 0.392 e. The normalized spacial score (nSPS) is 23.4. The lowest BCUT2D eigenvalue weighted by atomic mass is 9.77. The van der Waals surface area contributed by atoms with Crippen molar-refractivity contribution >= 4 is 129 Å². The van der Waals surface area contributed by atoms with Crippen molar-refractivity contribution < 1.29 is 135 Å². The van der Waals surface area contributed by atoms with Crippen molar-refractivity contribution in [3.8, 4) is 0 Å². The number of carbonyl (C=O) groups excluding carboxylic acids is 8. The third-order valence-electron chi connectivity index (χ3n) is 25.3. The molecule has 8 aliphatic rings. The summed E-state index contributed by atoms with van der Waals surface area (Å²) in [7, 11) is 0. The summed E-state index contributed by atoms with van der Waals surface area (Å²) in [6, 6.07) is 15.7. The molecule has 8 fully saturated rings. The van der Waals surface area contributed by atoms with E-state index in [4.69, 9.17) is 58.0 Å². The first-order chi connectivity index (χ1) is 58.2. The number of halogens is 18. The molecule has 680 valence electrons. The predicted octanol–water partition coefficient (Wildman–Crippen LogP) is 19.5. The van der Waals surface area contributed by atoms with Crippen LogP contribution in [-0.2, 0) is 83.2 Å². The number of carboxylic acid groups (broad SMARTS) is 4. The average Bonchev–Trinajstić information content (AvgIpc) is 0.759. The van der Waals surface area contributed by atoms with E-state index < -0.39 is 223 Å². The maximum absolute atomic E-state index is 13.9. The van der Waals surface area contributed by atoms with Crippen LogP contribution in [0.1, 0.15) is 189 Å². The van der Waals surface area contributed by atoms with Gasteiger partial charge in [0.1, 0.15) is 30.0 Å². The van der Waals surface area contributed by atoms with Crippen molar-refractivity contribution in [2.24, 2.45) is 71.0 Å². The molecule has 0 radical (unpaired) electrons. The van der Waals surface area contributed by atoms with Crippen LogP contribution in [0.2, 0.25) is 25.1 Å². The van der Waals surface area contributed by atoms with E-state index in [2.05, 4.69) is 0 Å². The molecule has 4 aliphatic heterocycles. The quantitative estimate of drug-likeness (QED) is 0.0335. The second-order valence-corrected chi connectivity index (χ2v) is 35.3. The molecule has 20 nitrogen and oxygen atoms in total. The predicted molar refractivity (Wildman–Crippen MR) is 425 cm³/mol. The lowest BCUT2D eigenvalue weighted by molar-refractivity contribution is -0.200. The summed E-state index contributed by atoms with van der Waals surface area (Å²) in [4.78, 5) is 150. The maximum atomic E-state index is 13.9. The molecule has 38 heteroatoms. The molecule has 4 aromatic carbocycles. The monoisotopic (exact) mass is 1860 g/mol. The highest BCUT2D eigenvalue weighted by molar-refractivity contribution is 6.34. The third kappa shape index (κ3) is 25.0. The molecule has 12 rings (SSSR count). The number of carboxylic acids is 4. The van der Waals surface area contributed by atoms with Crippen LogP contribution in [0.15, 0.2) is 84.9 Å². The number of alkyl halides is 12. The van der Waals surface area contributed by atoms with Crippen molar-refractivity contribution in [3.63, 3.8) is 0 Å². The molecule has 4 heterocycles. The highest BCUT2D eigenvalue weighted by Gasteiger charge is 2.61. The molecular formula is C86H94Cl5F13N4O16. The number of imide groups is 4. The van der Waals surface area contributed by atoms with Crippen molar-refractivity contribution in [1.29, 1.82) is 0 Å². The van der Waals surface area contributed by atoms with E-state index in [0.29, 0.717) is 159 Å². The zero-order valence-corrected chi connectivity index (χ0v) is 70.6. The highest BCUT2D eigenvalue weighted by atomic mass is 35.5.